The second-order valence-corrected chi connectivity index (χ2v) is 5.77. The highest BCUT2D eigenvalue weighted by molar-refractivity contribution is 5.81. The van der Waals surface area contributed by atoms with Gasteiger partial charge in [-0.3, -0.25) is 4.79 Å². The minimum atomic E-state index is -0.436. The van der Waals surface area contributed by atoms with Crippen LogP contribution in [0, 0.1) is 0 Å². The Balaban J connectivity index is 1.54. The van der Waals surface area contributed by atoms with Crippen molar-refractivity contribution >= 4 is 5.91 Å². The van der Waals surface area contributed by atoms with E-state index in [0.29, 0.717) is 43.7 Å². The first-order chi connectivity index (χ1) is 12.8. The molecule has 0 bridgehead atoms. The van der Waals surface area contributed by atoms with Crippen LogP contribution in [-0.2, 0) is 16.1 Å². The van der Waals surface area contributed by atoms with E-state index in [1.807, 2.05) is 37.3 Å². The van der Waals surface area contributed by atoms with E-state index in [0.717, 1.165) is 12.1 Å². The molecular weight excluding hydrogens is 334 g/mol. The van der Waals surface area contributed by atoms with E-state index < -0.39 is 6.10 Å². The molecule has 138 valence electrons. The lowest BCUT2D eigenvalue weighted by Gasteiger charge is -2.22. The summed E-state index contributed by atoms with van der Waals surface area (Å²) in [5, 5.41) is 5.99. The van der Waals surface area contributed by atoms with Crippen LogP contribution in [0.4, 0.5) is 0 Å². The number of rotatable bonds is 7. The summed E-state index contributed by atoms with van der Waals surface area (Å²) in [6.45, 7) is 4.74. The van der Waals surface area contributed by atoms with E-state index in [4.69, 9.17) is 14.2 Å². The molecule has 1 aliphatic heterocycles. The average Bonchev–Trinajstić information content (AvgIpc) is 2.69. The van der Waals surface area contributed by atoms with Crippen molar-refractivity contribution in [1.82, 2.24) is 15.6 Å². The first kappa shape index (κ1) is 18.2. The SMILES string of the molecule is CCOc1ccccc1Oc1ccc(CNC(=O)C2CNCCO2)cn1. The highest BCUT2D eigenvalue weighted by Gasteiger charge is 2.21. The molecule has 3 rings (SSSR count). The number of carbonyl (C=O) groups excluding carboxylic acids is 1. The molecule has 1 atom stereocenters. The Bertz CT molecular complexity index is 715. The van der Waals surface area contributed by atoms with Gasteiger partial charge in [-0.2, -0.15) is 0 Å². The number of hydrogen-bond donors (Lipinski definition) is 2. The molecule has 0 aliphatic carbocycles. The molecule has 1 aliphatic rings. The Morgan fingerprint density at radius 1 is 1.31 bits per heavy atom. The Morgan fingerprint density at radius 2 is 2.15 bits per heavy atom. The third kappa shape index (κ3) is 4.93. The minimum absolute atomic E-state index is 0.122. The number of morpholine rings is 1. The zero-order valence-electron chi connectivity index (χ0n) is 14.7. The number of para-hydroxylation sites is 2. The van der Waals surface area contributed by atoms with Gasteiger partial charge in [-0.15, -0.1) is 0 Å². The van der Waals surface area contributed by atoms with Crippen LogP contribution in [0.1, 0.15) is 12.5 Å². The van der Waals surface area contributed by atoms with Crippen molar-refractivity contribution in [3.63, 3.8) is 0 Å². The highest BCUT2D eigenvalue weighted by atomic mass is 16.5. The highest BCUT2D eigenvalue weighted by Crippen LogP contribution is 2.30. The number of hydrogen-bond acceptors (Lipinski definition) is 6. The predicted octanol–water partition coefficient (Wildman–Crippen LogP) is 1.88. The largest absolute Gasteiger partial charge is 0.490 e. The van der Waals surface area contributed by atoms with Crippen LogP contribution in [0.2, 0.25) is 0 Å². The summed E-state index contributed by atoms with van der Waals surface area (Å²) in [5.41, 5.74) is 0.882. The third-order valence-electron chi connectivity index (χ3n) is 3.85. The molecular formula is C19H23N3O4. The van der Waals surface area contributed by atoms with Crippen LogP contribution in [-0.4, -0.2) is 43.3 Å². The summed E-state index contributed by atoms with van der Waals surface area (Å²) in [5.74, 6) is 1.63. The lowest BCUT2D eigenvalue weighted by molar-refractivity contribution is -0.134. The summed E-state index contributed by atoms with van der Waals surface area (Å²) < 4.78 is 16.7. The number of aromatic nitrogens is 1. The second kappa shape index (κ2) is 9.17. The standard InChI is InChI=1S/C19H23N3O4/c1-2-24-15-5-3-4-6-16(15)26-18-8-7-14(11-21-18)12-22-19(23)17-13-20-9-10-25-17/h3-8,11,17,20H,2,9-10,12-13H2,1H3,(H,22,23). The fourth-order valence-corrected chi connectivity index (χ4v) is 2.53. The van der Waals surface area contributed by atoms with Crippen LogP contribution in [0.3, 0.4) is 0 Å². The normalized spacial score (nSPS) is 16.7. The summed E-state index contributed by atoms with van der Waals surface area (Å²) >= 11 is 0. The molecule has 2 heterocycles. The molecule has 1 saturated heterocycles. The number of pyridine rings is 1. The summed E-state index contributed by atoms with van der Waals surface area (Å²) in [4.78, 5) is 16.3. The van der Waals surface area contributed by atoms with Gasteiger partial charge in [-0.05, 0) is 24.6 Å². The van der Waals surface area contributed by atoms with E-state index in [9.17, 15) is 4.79 Å². The van der Waals surface area contributed by atoms with Gasteiger partial charge in [0.1, 0.15) is 6.10 Å². The molecule has 1 aromatic heterocycles. The smallest absolute Gasteiger partial charge is 0.250 e. The van der Waals surface area contributed by atoms with Gasteiger partial charge in [0, 0.05) is 31.9 Å². The molecule has 26 heavy (non-hydrogen) atoms. The van der Waals surface area contributed by atoms with E-state index in [2.05, 4.69) is 15.6 Å². The van der Waals surface area contributed by atoms with Crippen molar-refractivity contribution in [3.05, 3.63) is 48.2 Å². The van der Waals surface area contributed by atoms with Gasteiger partial charge >= 0.3 is 0 Å². The van der Waals surface area contributed by atoms with Crippen molar-refractivity contribution < 1.29 is 19.0 Å². The molecule has 0 spiro atoms. The summed E-state index contributed by atoms with van der Waals surface area (Å²) in [6, 6.07) is 11.1. The number of nitrogens with zero attached hydrogens (tertiary/aromatic N) is 1. The lowest BCUT2D eigenvalue weighted by atomic mass is 10.2. The number of nitrogens with one attached hydrogen (secondary N) is 2. The molecule has 2 N–H and O–H groups in total. The van der Waals surface area contributed by atoms with Crippen LogP contribution in [0.5, 0.6) is 17.4 Å². The zero-order chi connectivity index (χ0) is 18.2. The second-order valence-electron chi connectivity index (χ2n) is 5.77. The number of amides is 1. The van der Waals surface area contributed by atoms with Crippen molar-refractivity contribution in [2.75, 3.05) is 26.3 Å². The van der Waals surface area contributed by atoms with Crippen molar-refractivity contribution in [1.29, 1.82) is 0 Å². The zero-order valence-corrected chi connectivity index (χ0v) is 14.7. The molecule has 1 unspecified atom stereocenters. The molecule has 0 saturated carbocycles. The van der Waals surface area contributed by atoms with Crippen LogP contribution < -0.4 is 20.1 Å². The molecule has 0 radical (unpaired) electrons. The van der Waals surface area contributed by atoms with Gasteiger partial charge in [0.25, 0.3) is 5.91 Å². The first-order valence-electron chi connectivity index (χ1n) is 8.71. The van der Waals surface area contributed by atoms with Crippen LogP contribution >= 0.6 is 0 Å². The van der Waals surface area contributed by atoms with Gasteiger partial charge in [0.05, 0.1) is 13.2 Å². The van der Waals surface area contributed by atoms with Gasteiger partial charge in [-0.1, -0.05) is 18.2 Å². The monoisotopic (exact) mass is 357 g/mol. The fraction of sp³-hybridized carbons (Fsp3) is 0.368. The van der Waals surface area contributed by atoms with Crippen molar-refractivity contribution in [2.24, 2.45) is 0 Å². The minimum Gasteiger partial charge on any atom is -0.490 e. The molecule has 7 heteroatoms. The summed E-state index contributed by atoms with van der Waals surface area (Å²) in [6.07, 6.45) is 1.24. The third-order valence-corrected chi connectivity index (χ3v) is 3.85. The molecule has 7 nitrogen and oxygen atoms in total. The van der Waals surface area contributed by atoms with Gasteiger partial charge in [0.15, 0.2) is 11.5 Å². The van der Waals surface area contributed by atoms with Crippen molar-refractivity contribution in [2.45, 2.75) is 19.6 Å². The maximum atomic E-state index is 12.0. The Morgan fingerprint density at radius 3 is 2.85 bits per heavy atom. The Labute approximate surface area is 152 Å². The maximum absolute atomic E-state index is 12.0. The molecule has 2 aromatic rings. The summed E-state index contributed by atoms with van der Waals surface area (Å²) in [7, 11) is 0. The van der Waals surface area contributed by atoms with Crippen LogP contribution in [0.25, 0.3) is 0 Å². The van der Waals surface area contributed by atoms with Crippen molar-refractivity contribution in [3.8, 4) is 17.4 Å². The van der Waals surface area contributed by atoms with Gasteiger partial charge in [0.2, 0.25) is 5.88 Å². The molecule has 1 amide bonds. The maximum Gasteiger partial charge on any atom is 0.250 e. The Hall–Kier alpha value is -2.64. The quantitative estimate of drug-likeness (QED) is 0.787. The predicted molar refractivity (Wildman–Crippen MR) is 96.4 cm³/mol. The van der Waals surface area contributed by atoms with E-state index in [1.54, 1.807) is 12.3 Å². The Kier molecular flexibility index (Phi) is 6.40. The van der Waals surface area contributed by atoms with Crippen LogP contribution in [0.15, 0.2) is 42.6 Å². The first-order valence-corrected chi connectivity index (χ1v) is 8.71. The average molecular weight is 357 g/mol. The molecule has 1 fully saturated rings. The van der Waals surface area contributed by atoms with E-state index in [-0.39, 0.29) is 5.91 Å². The molecule has 1 aromatic carbocycles. The lowest BCUT2D eigenvalue weighted by Crippen LogP contribution is -2.47. The fourth-order valence-electron chi connectivity index (χ4n) is 2.53. The number of ether oxygens (including phenoxy) is 3. The van der Waals surface area contributed by atoms with Gasteiger partial charge < -0.3 is 24.8 Å². The van der Waals surface area contributed by atoms with E-state index >= 15 is 0 Å². The number of benzene rings is 1. The van der Waals surface area contributed by atoms with E-state index in [1.165, 1.54) is 0 Å². The number of carbonyl (C=O) groups is 1. The van der Waals surface area contributed by atoms with Gasteiger partial charge in [-0.25, -0.2) is 4.98 Å². The topological polar surface area (TPSA) is 81.7 Å².